The number of rotatable bonds is 8. The van der Waals surface area contributed by atoms with Crippen molar-refractivity contribution in [1.29, 1.82) is 0 Å². The van der Waals surface area contributed by atoms with Gasteiger partial charge in [-0.2, -0.15) is 9.99 Å². The molecule has 3 rings (SSSR count). The molecule has 2 aliphatic rings. The number of quaternary nitrogens is 1. The number of hydrogen-bond donors (Lipinski definition) is 1. The molecule has 0 aromatic heterocycles. The molecule has 2 heterocycles. The lowest BCUT2D eigenvalue weighted by Gasteiger charge is -2.19. The summed E-state index contributed by atoms with van der Waals surface area (Å²) in [7, 11) is 5.84. The van der Waals surface area contributed by atoms with Crippen LogP contribution in [0.4, 0.5) is 0 Å². The molecule has 0 bridgehead atoms. The van der Waals surface area contributed by atoms with Gasteiger partial charge in [-0.3, -0.25) is 15.2 Å². The van der Waals surface area contributed by atoms with E-state index in [-0.39, 0.29) is 12.2 Å². The average molecular weight is 421 g/mol. The van der Waals surface area contributed by atoms with Gasteiger partial charge >= 0.3 is 5.69 Å². The van der Waals surface area contributed by atoms with Crippen LogP contribution in [0.3, 0.4) is 0 Å². The second kappa shape index (κ2) is 9.00. The zero-order chi connectivity index (χ0) is 21.1. The zero-order valence-corrected chi connectivity index (χ0v) is 17.8. The van der Waals surface area contributed by atoms with E-state index >= 15 is 0 Å². The smallest absolute Gasteiger partial charge is 0.322 e. The fraction of sp³-hybridized carbons (Fsp3) is 0.474. The molecule has 0 unspecified atom stereocenters. The molecule has 0 aliphatic carbocycles. The number of nitrogens with zero attached hydrogens (tertiary/aromatic N) is 6. The van der Waals surface area contributed by atoms with E-state index in [2.05, 4.69) is 20.7 Å². The number of benzene rings is 1. The summed E-state index contributed by atoms with van der Waals surface area (Å²) < 4.78 is 3.04. The van der Waals surface area contributed by atoms with Crippen molar-refractivity contribution in [2.45, 2.75) is 25.9 Å². The number of fused-ring (bicyclic) bond motifs is 2. The van der Waals surface area contributed by atoms with E-state index in [4.69, 9.17) is 11.6 Å². The van der Waals surface area contributed by atoms with Gasteiger partial charge in [0, 0.05) is 31.7 Å². The number of aromatic nitrogens is 4. The predicted molar refractivity (Wildman–Crippen MR) is 113 cm³/mol. The summed E-state index contributed by atoms with van der Waals surface area (Å²) >= 11 is 6.19. The largest absolute Gasteiger partial charge is 0.352 e. The normalized spacial score (nSPS) is 12.0. The van der Waals surface area contributed by atoms with Crippen LogP contribution in [0.25, 0.3) is 22.6 Å². The van der Waals surface area contributed by atoms with E-state index in [0.717, 1.165) is 23.0 Å². The highest BCUT2D eigenvalue weighted by molar-refractivity contribution is 6.31. The van der Waals surface area contributed by atoms with Crippen LogP contribution in [0, 0.1) is 0 Å². The molecule has 1 aromatic rings. The Morgan fingerprint density at radius 2 is 1.72 bits per heavy atom. The van der Waals surface area contributed by atoms with Crippen LogP contribution in [0.1, 0.15) is 12.8 Å². The Bertz CT molecular complexity index is 1090. The molecule has 3 N–H and O–H groups in total. The Labute approximate surface area is 173 Å². The highest BCUT2D eigenvalue weighted by Gasteiger charge is 2.21. The molecule has 10 heteroatoms. The Kier molecular flexibility index (Phi) is 6.63. The highest BCUT2D eigenvalue weighted by Crippen LogP contribution is 2.24. The molecule has 0 atom stereocenters. The van der Waals surface area contributed by atoms with Crippen LogP contribution < -0.4 is 17.1 Å². The zero-order valence-electron chi connectivity index (χ0n) is 17.1. The van der Waals surface area contributed by atoms with Crippen molar-refractivity contribution in [3.8, 4) is 11.5 Å². The third kappa shape index (κ3) is 4.81. The van der Waals surface area contributed by atoms with Gasteiger partial charge in [0.2, 0.25) is 0 Å². The first-order chi connectivity index (χ1) is 13.8. The number of hydrogen-bond acceptors (Lipinski definition) is 6. The Morgan fingerprint density at radius 3 is 2.41 bits per heavy atom. The second-order valence-corrected chi connectivity index (χ2v) is 7.95. The van der Waals surface area contributed by atoms with Crippen molar-refractivity contribution in [3.05, 3.63) is 44.1 Å². The minimum absolute atomic E-state index is 0.201. The maximum absolute atomic E-state index is 13.1. The van der Waals surface area contributed by atoms with Crippen LogP contribution >= 0.6 is 11.6 Å². The maximum atomic E-state index is 13.1. The van der Waals surface area contributed by atoms with Crippen molar-refractivity contribution in [1.82, 2.24) is 29.0 Å². The molecule has 0 radical (unpaired) electrons. The fourth-order valence-corrected chi connectivity index (χ4v) is 3.48. The Balaban J connectivity index is 2.15. The minimum atomic E-state index is -0.557. The van der Waals surface area contributed by atoms with Gasteiger partial charge in [0.1, 0.15) is 0 Å². The molecule has 0 fully saturated rings. The molecule has 2 aliphatic heterocycles. The SMILES string of the molecule is CN(C)CCCn1c2nc(=O)n(CCCN(C)[NH3+])c(=O)c-2nc2ccc(Cl)cc21. The van der Waals surface area contributed by atoms with Gasteiger partial charge in [-0.05, 0) is 51.7 Å². The van der Waals surface area contributed by atoms with Crippen molar-refractivity contribution in [2.24, 2.45) is 0 Å². The molecular formula is C19H27ClN7O2+. The van der Waals surface area contributed by atoms with Crippen molar-refractivity contribution in [3.63, 3.8) is 0 Å². The standard InChI is InChI=1S/C19H26ClN7O2/c1-24(2)8-4-10-26-15-12-13(20)6-7-14(15)22-16-17(26)23-19(29)27(18(16)28)11-5-9-25(3)21/h6-7,12H,4-5,8-11,21H2,1-3H3/p+1. The third-order valence-corrected chi connectivity index (χ3v) is 4.95. The number of aryl methyl sites for hydroxylation is 1. The van der Waals surface area contributed by atoms with E-state index in [9.17, 15) is 9.59 Å². The quantitative estimate of drug-likeness (QED) is 0.410. The van der Waals surface area contributed by atoms with Gasteiger partial charge in [0.05, 0.1) is 11.0 Å². The molecule has 0 saturated carbocycles. The lowest BCUT2D eigenvalue weighted by atomic mass is 10.2. The van der Waals surface area contributed by atoms with Crippen molar-refractivity contribution in [2.75, 3.05) is 34.2 Å². The third-order valence-electron chi connectivity index (χ3n) is 4.72. The van der Waals surface area contributed by atoms with Gasteiger partial charge in [-0.15, -0.1) is 0 Å². The molecule has 1 aromatic carbocycles. The van der Waals surface area contributed by atoms with Crippen molar-refractivity contribution < 1.29 is 5.84 Å². The molecular weight excluding hydrogens is 394 g/mol. The van der Waals surface area contributed by atoms with Crippen molar-refractivity contribution >= 4 is 22.6 Å². The van der Waals surface area contributed by atoms with Crippen LogP contribution in [0.5, 0.6) is 0 Å². The summed E-state index contributed by atoms with van der Waals surface area (Å²) in [6, 6.07) is 5.32. The van der Waals surface area contributed by atoms with Crippen LogP contribution in [0.15, 0.2) is 27.8 Å². The van der Waals surface area contributed by atoms with E-state index in [1.807, 2.05) is 25.7 Å². The van der Waals surface area contributed by atoms with Gasteiger partial charge in [-0.1, -0.05) is 11.6 Å². The molecule has 29 heavy (non-hydrogen) atoms. The minimum Gasteiger partial charge on any atom is -0.322 e. The summed E-state index contributed by atoms with van der Waals surface area (Å²) in [6.07, 6.45) is 1.45. The topological polar surface area (TPSA) is 104 Å². The summed E-state index contributed by atoms with van der Waals surface area (Å²) in [5.41, 5.74) is 0.635. The summed E-state index contributed by atoms with van der Waals surface area (Å²) in [5, 5.41) is 2.33. The van der Waals surface area contributed by atoms with Crippen LogP contribution in [-0.2, 0) is 13.1 Å². The first-order valence-electron chi connectivity index (χ1n) is 9.55. The van der Waals surface area contributed by atoms with Crippen LogP contribution in [0.2, 0.25) is 5.02 Å². The lowest BCUT2D eigenvalue weighted by Crippen LogP contribution is -2.65. The maximum Gasteiger partial charge on any atom is 0.352 e. The first kappa shape index (κ1) is 21.4. The number of halogens is 1. The monoisotopic (exact) mass is 420 g/mol. The van der Waals surface area contributed by atoms with E-state index in [1.165, 1.54) is 0 Å². The molecule has 0 amide bonds. The van der Waals surface area contributed by atoms with Gasteiger partial charge < -0.3 is 9.47 Å². The molecule has 0 spiro atoms. The van der Waals surface area contributed by atoms with Gasteiger partial charge in [0.15, 0.2) is 11.5 Å². The molecule has 9 nitrogen and oxygen atoms in total. The molecule has 0 saturated heterocycles. The summed E-state index contributed by atoms with van der Waals surface area (Å²) in [6.45, 7) is 2.40. The van der Waals surface area contributed by atoms with E-state index < -0.39 is 11.2 Å². The highest BCUT2D eigenvalue weighted by atomic mass is 35.5. The average Bonchev–Trinajstić information content (AvgIpc) is 2.64. The Hall–Kier alpha value is -2.33. The van der Waals surface area contributed by atoms with E-state index in [0.29, 0.717) is 35.9 Å². The lowest BCUT2D eigenvalue weighted by molar-refractivity contribution is -0.566. The summed E-state index contributed by atoms with van der Waals surface area (Å²) in [5.74, 6) is 4.09. The molecule has 156 valence electrons. The predicted octanol–water partition coefficient (Wildman–Crippen LogP) is 0.142. The van der Waals surface area contributed by atoms with E-state index in [1.54, 1.807) is 23.2 Å². The Morgan fingerprint density at radius 1 is 1.03 bits per heavy atom. The first-order valence-corrected chi connectivity index (χ1v) is 9.92. The van der Waals surface area contributed by atoms with Crippen LogP contribution in [-0.4, -0.2) is 63.2 Å². The second-order valence-electron chi connectivity index (χ2n) is 7.51. The summed E-state index contributed by atoms with van der Waals surface area (Å²) in [4.78, 5) is 36.5. The fourth-order valence-electron chi connectivity index (χ4n) is 3.31. The van der Waals surface area contributed by atoms with Gasteiger partial charge in [-0.25, -0.2) is 9.78 Å². The van der Waals surface area contributed by atoms with Gasteiger partial charge in [0.25, 0.3) is 5.56 Å².